The number of hydrogen-bond donors (Lipinski definition) is 0. The molecule has 0 saturated carbocycles. The van der Waals surface area contributed by atoms with E-state index in [0.29, 0.717) is 33.3 Å². The number of carbonyl (C=O) groups excluding carboxylic acids is 2. The third-order valence-electron chi connectivity index (χ3n) is 5.08. The van der Waals surface area contributed by atoms with Gasteiger partial charge in [0.1, 0.15) is 5.75 Å². The van der Waals surface area contributed by atoms with Gasteiger partial charge in [0, 0.05) is 16.1 Å². The van der Waals surface area contributed by atoms with E-state index < -0.39 is 39.2 Å². The first-order valence-corrected chi connectivity index (χ1v) is 11.8. The number of alkyl halides is 3. The molecule has 0 unspecified atom stereocenters. The van der Waals surface area contributed by atoms with E-state index in [9.17, 15) is 32.9 Å². The fourth-order valence-corrected chi connectivity index (χ4v) is 4.63. The fourth-order valence-electron chi connectivity index (χ4n) is 3.33. The maximum Gasteiger partial charge on any atom is 0.416 e. The molecule has 0 bridgehead atoms. The Morgan fingerprint density at radius 3 is 2.49 bits per heavy atom. The van der Waals surface area contributed by atoms with Crippen LogP contribution < -0.4 is 4.74 Å². The van der Waals surface area contributed by atoms with Gasteiger partial charge in [-0.3, -0.25) is 24.6 Å². The number of benzene rings is 3. The zero-order valence-corrected chi connectivity index (χ0v) is 20.6. The minimum absolute atomic E-state index is 0.0568. The predicted octanol–water partition coefficient (Wildman–Crippen LogP) is 7.95. The Hall–Kier alpha value is -3.54. The molecule has 0 spiro atoms. The first-order chi connectivity index (χ1) is 17.4. The van der Waals surface area contributed by atoms with Gasteiger partial charge < -0.3 is 4.74 Å². The summed E-state index contributed by atoms with van der Waals surface area (Å²) in [6.45, 7) is -0.0568. The van der Waals surface area contributed by atoms with Gasteiger partial charge in [-0.2, -0.15) is 13.2 Å². The van der Waals surface area contributed by atoms with E-state index in [1.54, 1.807) is 18.2 Å². The lowest BCUT2D eigenvalue weighted by Crippen LogP contribution is -2.27. The van der Waals surface area contributed by atoms with Gasteiger partial charge in [0.25, 0.3) is 11.1 Å². The second-order valence-corrected chi connectivity index (χ2v) is 9.45. The summed E-state index contributed by atoms with van der Waals surface area (Å²) in [5.74, 6) is -0.871. The number of imide groups is 1. The number of ether oxygens (including phenoxy) is 1. The van der Waals surface area contributed by atoms with Gasteiger partial charge in [-0.05, 0) is 65.4 Å². The van der Waals surface area contributed by atoms with Crippen LogP contribution in [0.15, 0.2) is 65.6 Å². The van der Waals surface area contributed by atoms with Crippen molar-refractivity contribution in [2.45, 2.75) is 12.7 Å². The van der Waals surface area contributed by atoms with Gasteiger partial charge in [0.2, 0.25) is 5.75 Å². The van der Waals surface area contributed by atoms with Gasteiger partial charge in [0.05, 0.1) is 21.9 Å². The standard InChI is InChI=1S/C24H13Cl2F3N2O5S/c25-16-6-4-14(18(26)11-16)12-30-22(32)21(37-23(30)33)9-13-2-1-3-17(8-13)36-20-7-5-15(24(27,28)29)10-19(20)31(34)35/h1-11H,12H2/b21-9-. The van der Waals surface area contributed by atoms with Crippen molar-refractivity contribution in [3.05, 3.63) is 102 Å². The van der Waals surface area contributed by atoms with Crippen LogP contribution >= 0.6 is 35.0 Å². The molecule has 1 aliphatic heterocycles. The van der Waals surface area contributed by atoms with Gasteiger partial charge >= 0.3 is 11.9 Å². The van der Waals surface area contributed by atoms with E-state index in [1.807, 2.05) is 0 Å². The zero-order valence-electron chi connectivity index (χ0n) is 18.3. The van der Waals surface area contributed by atoms with Crippen LogP contribution in [0.1, 0.15) is 16.7 Å². The largest absolute Gasteiger partial charge is 0.450 e. The normalized spacial score (nSPS) is 14.9. The third-order valence-corrected chi connectivity index (χ3v) is 6.58. The number of nitro groups is 1. The van der Waals surface area contributed by atoms with Crippen LogP contribution in [0.25, 0.3) is 6.08 Å². The molecular weight excluding hydrogens is 556 g/mol. The summed E-state index contributed by atoms with van der Waals surface area (Å²) < 4.78 is 44.3. The molecule has 0 aromatic heterocycles. The van der Waals surface area contributed by atoms with Gasteiger partial charge in [-0.25, -0.2) is 0 Å². The highest BCUT2D eigenvalue weighted by Gasteiger charge is 2.36. The smallest absolute Gasteiger partial charge is 0.416 e. The van der Waals surface area contributed by atoms with Gasteiger partial charge in [-0.15, -0.1) is 0 Å². The first-order valence-electron chi connectivity index (χ1n) is 10.3. The van der Waals surface area contributed by atoms with Crippen LogP contribution in [-0.4, -0.2) is 21.0 Å². The quantitative estimate of drug-likeness (QED) is 0.170. The molecule has 7 nitrogen and oxygen atoms in total. The number of nitro benzene ring substituents is 1. The molecule has 190 valence electrons. The van der Waals surface area contributed by atoms with Crippen molar-refractivity contribution < 1.29 is 32.4 Å². The number of carbonyl (C=O) groups is 2. The molecule has 13 heteroatoms. The molecule has 3 aromatic carbocycles. The van der Waals surface area contributed by atoms with Crippen LogP contribution in [0, 0.1) is 10.1 Å². The molecule has 4 rings (SSSR count). The number of thioether (sulfide) groups is 1. The second kappa shape index (κ2) is 10.4. The van der Waals surface area contributed by atoms with E-state index in [1.165, 1.54) is 30.3 Å². The molecule has 1 aliphatic rings. The van der Waals surface area contributed by atoms with Crippen LogP contribution in [0.2, 0.25) is 10.0 Å². The maximum atomic E-state index is 12.9. The maximum absolute atomic E-state index is 12.9. The SMILES string of the molecule is O=C1S/C(=C\c2cccc(Oc3ccc(C(F)(F)F)cc3[N+](=O)[O-])c2)C(=O)N1Cc1ccc(Cl)cc1Cl. The Morgan fingerprint density at radius 2 is 1.81 bits per heavy atom. The molecule has 3 aromatic rings. The number of hydrogen-bond acceptors (Lipinski definition) is 6. The number of halogens is 5. The minimum atomic E-state index is -4.76. The molecule has 0 radical (unpaired) electrons. The van der Waals surface area contributed by atoms with E-state index in [2.05, 4.69) is 0 Å². The summed E-state index contributed by atoms with van der Waals surface area (Å²) in [7, 11) is 0. The number of rotatable bonds is 6. The minimum Gasteiger partial charge on any atom is -0.450 e. The fraction of sp³-hybridized carbons (Fsp3) is 0.0833. The molecule has 1 saturated heterocycles. The van der Waals surface area contributed by atoms with E-state index >= 15 is 0 Å². The average Bonchev–Trinajstić information content (AvgIpc) is 3.07. The van der Waals surface area contributed by atoms with Crippen molar-refractivity contribution in [3.8, 4) is 11.5 Å². The van der Waals surface area contributed by atoms with Crippen LogP contribution in [0.5, 0.6) is 11.5 Å². The highest BCUT2D eigenvalue weighted by atomic mass is 35.5. The summed E-state index contributed by atoms with van der Waals surface area (Å²) in [6.07, 6.45) is -3.33. The number of amides is 2. The zero-order chi connectivity index (χ0) is 26.9. The van der Waals surface area contributed by atoms with Crippen LogP contribution in [0.4, 0.5) is 23.7 Å². The number of nitrogens with zero attached hydrogens (tertiary/aromatic N) is 2. The molecule has 2 amide bonds. The first kappa shape index (κ1) is 26.5. The molecule has 37 heavy (non-hydrogen) atoms. The lowest BCUT2D eigenvalue weighted by Gasteiger charge is -2.13. The highest BCUT2D eigenvalue weighted by Crippen LogP contribution is 2.39. The Bertz CT molecular complexity index is 1460. The monoisotopic (exact) mass is 568 g/mol. The third kappa shape index (κ3) is 6.07. The summed E-state index contributed by atoms with van der Waals surface area (Å²) in [4.78, 5) is 36.8. The van der Waals surface area contributed by atoms with Crippen molar-refractivity contribution in [2.24, 2.45) is 0 Å². The summed E-state index contributed by atoms with van der Waals surface area (Å²) in [5.41, 5.74) is -1.09. The van der Waals surface area contributed by atoms with Gasteiger partial charge in [0.15, 0.2) is 0 Å². The topological polar surface area (TPSA) is 89.7 Å². The molecule has 1 heterocycles. The van der Waals surface area contributed by atoms with Crippen LogP contribution in [0.3, 0.4) is 0 Å². The second-order valence-electron chi connectivity index (χ2n) is 7.62. The van der Waals surface area contributed by atoms with E-state index in [4.69, 9.17) is 27.9 Å². The summed E-state index contributed by atoms with van der Waals surface area (Å²) in [5, 5.41) is 11.5. The molecule has 0 aliphatic carbocycles. The van der Waals surface area contributed by atoms with E-state index in [-0.39, 0.29) is 17.2 Å². The Balaban J connectivity index is 1.56. The molecule has 1 fully saturated rings. The lowest BCUT2D eigenvalue weighted by atomic mass is 10.1. The van der Waals surface area contributed by atoms with Crippen molar-refractivity contribution in [1.29, 1.82) is 0 Å². The Labute approximate surface area is 221 Å². The average molecular weight is 569 g/mol. The molecule has 0 atom stereocenters. The Kier molecular flexibility index (Phi) is 7.49. The highest BCUT2D eigenvalue weighted by molar-refractivity contribution is 8.18. The summed E-state index contributed by atoms with van der Waals surface area (Å²) in [6, 6.07) is 12.6. The molecular formula is C24H13Cl2F3N2O5S. The van der Waals surface area contributed by atoms with Crippen molar-refractivity contribution >= 4 is 57.9 Å². The van der Waals surface area contributed by atoms with Crippen LogP contribution in [-0.2, 0) is 17.5 Å². The van der Waals surface area contributed by atoms with Gasteiger partial charge in [-0.1, -0.05) is 41.4 Å². The molecule has 0 N–H and O–H groups in total. The summed E-state index contributed by atoms with van der Waals surface area (Å²) >= 11 is 12.7. The Morgan fingerprint density at radius 1 is 1.05 bits per heavy atom. The van der Waals surface area contributed by atoms with Crippen molar-refractivity contribution in [2.75, 3.05) is 0 Å². The van der Waals surface area contributed by atoms with Crippen molar-refractivity contribution in [3.63, 3.8) is 0 Å². The van der Waals surface area contributed by atoms with Crippen molar-refractivity contribution in [1.82, 2.24) is 4.90 Å². The predicted molar refractivity (Wildman–Crippen MR) is 133 cm³/mol. The lowest BCUT2D eigenvalue weighted by molar-refractivity contribution is -0.385. The van der Waals surface area contributed by atoms with E-state index in [0.717, 1.165) is 22.7 Å².